The number of hydrogen-bond donors (Lipinski definition) is 2. The largest absolute Gasteiger partial charge is 0.416 e. The van der Waals surface area contributed by atoms with Gasteiger partial charge in [-0.3, -0.25) is 4.90 Å². The molecule has 0 spiro atoms. The third-order valence-corrected chi connectivity index (χ3v) is 6.42. The van der Waals surface area contributed by atoms with Crippen LogP contribution in [-0.2, 0) is 18.8 Å². The number of piperidine rings is 1. The van der Waals surface area contributed by atoms with Crippen LogP contribution in [0, 0.1) is 0 Å². The maximum absolute atomic E-state index is 13.2. The fourth-order valence-corrected chi connectivity index (χ4v) is 4.92. The maximum Gasteiger partial charge on any atom is 0.416 e. The lowest BCUT2D eigenvalue weighted by Gasteiger charge is -2.36. The number of anilines is 1. The minimum absolute atomic E-state index is 0.0221. The molecular weight excluding hydrogens is 464 g/mol. The molecule has 33 heavy (non-hydrogen) atoms. The van der Waals surface area contributed by atoms with E-state index in [0.29, 0.717) is 12.1 Å². The number of alkyl halides is 6. The molecule has 1 aliphatic heterocycles. The summed E-state index contributed by atoms with van der Waals surface area (Å²) in [7, 11) is 0. The number of benzene rings is 2. The Hall–Kier alpha value is -2.33. The van der Waals surface area contributed by atoms with Crippen molar-refractivity contribution in [3.05, 3.63) is 64.7 Å². The van der Waals surface area contributed by atoms with Gasteiger partial charge < -0.3 is 10.6 Å². The lowest BCUT2D eigenvalue weighted by Crippen LogP contribution is -2.47. The van der Waals surface area contributed by atoms with Gasteiger partial charge >= 0.3 is 12.4 Å². The molecule has 1 fully saturated rings. The second-order valence-corrected chi connectivity index (χ2v) is 8.85. The summed E-state index contributed by atoms with van der Waals surface area (Å²) in [5.74, 6) is 0. The molecule has 0 unspecified atom stereocenters. The van der Waals surface area contributed by atoms with Crippen molar-refractivity contribution in [1.29, 1.82) is 0 Å². The predicted molar refractivity (Wildman–Crippen MR) is 118 cm³/mol. The summed E-state index contributed by atoms with van der Waals surface area (Å²) >= 11 is 5.33. The highest BCUT2D eigenvalue weighted by Gasteiger charge is 2.38. The normalized spacial score (nSPS) is 21.5. The zero-order chi connectivity index (χ0) is 23.8. The molecule has 2 aromatic rings. The molecule has 3 nitrogen and oxygen atoms in total. The minimum atomic E-state index is -4.92. The lowest BCUT2D eigenvalue weighted by atomic mass is 10.0. The maximum atomic E-state index is 13.2. The van der Waals surface area contributed by atoms with Crippen LogP contribution in [0.1, 0.15) is 47.6 Å². The fourth-order valence-electron chi connectivity index (χ4n) is 4.67. The molecule has 4 rings (SSSR count). The smallest absolute Gasteiger partial charge is 0.354 e. The number of fused-ring (bicyclic) bond motifs is 1. The first-order valence-corrected chi connectivity index (χ1v) is 11.1. The molecular formula is C23H23F6N3S. The van der Waals surface area contributed by atoms with Gasteiger partial charge in [0.15, 0.2) is 5.11 Å². The van der Waals surface area contributed by atoms with E-state index in [9.17, 15) is 26.3 Å². The summed E-state index contributed by atoms with van der Waals surface area (Å²) < 4.78 is 79.0. The van der Waals surface area contributed by atoms with Crippen LogP contribution in [0.4, 0.5) is 32.0 Å². The van der Waals surface area contributed by atoms with Crippen molar-refractivity contribution in [3.63, 3.8) is 0 Å². The van der Waals surface area contributed by atoms with Gasteiger partial charge in [0.05, 0.1) is 17.2 Å². The fraction of sp³-hybridized carbons (Fsp3) is 0.435. The van der Waals surface area contributed by atoms with Gasteiger partial charge in [-0.25, -0.2) is 0 Å². The Bertz CT molecular complexity index is 982. The second-order valence-electron chi connectivity index (χ2n) is 8.44. The minimum Gasteiger partial charge on any atom is -0.354 e. The Morgan fingerprint density at radius 3 is 2.09 bits per heavy atom. The van der Waals surface area contributed by atoms with Gasteiger partial charge in [0, 0.05) is 11.7 Å². The van der Waals surface area contributed by atoms with Crippen molar-refractivity contribution in [2.45, 2.75) is 50.1 Å². The lowest BCUT2D eigenvalue weighted by molar-refractivity contribution is -0.143. The van der Waals surface area contributed by atoms with Gasteiger partial charge in [-0.15, -0.1) is 0 Å². The van der Waals surface area contributed by atoms with Crippen LogP contribution < -0.4 is 10.6 Å². The summed E-state index contributed by atoms with van der Waals surface area (Å²) in [6, 6.07) is 9.13. The van der Waals surface area contributed by atoms with E-state index in [1.54, 1.807) is 0 Å². The highest BCUT2D eigenvalue weighted by Crippen LogP contribution is 2.38. The first kappa shape index (κ1) is 23.8. The molecule has 178 valence electrons. The topological polar surface area (TPSA) is 27.3 Å². The van der Waals surface area contributed by atoms with Gasteiger partial charge in [0.2, 0.25) is 0 Å². The molecule has 10 heteroatoms. The summed E-state index contributed by atoms with van der Waals surface area (Å²) in [4.78, 5) is 2.38. The van der Waals surface area contributed by atoms with E-state index in [0.717, 1.165) is 43.5 Å². The average Bonchev–Trinajstić information content (AvgIpc) is 3.11. The monoisotopic (exact) mass is 487 g/mol. The van der Waals surface area contributed by atoms with Crippen LogP contribution in [0.5, 0.6) is 0 Å². The molecule has 2 N–H and O–H groups in total. The van der Waals surface area contributed by atoms with E-state index < -0.39 is 23.5 Å². The van der Waals surface area contributed by atoms with Crippen molar-refractivity contribution in [1.82, 2.24) is 10.2 Å². The second kappa shape index (κ2) is 9.13. The molecule has 0 saturated carbocycles. The molecule has 0 amide bonds. The predicted octanol–water partition coefficient (Wildman–Crippen LogP) is 6.16. The highest BCUT2D eigenvalue weighted by molar-refractivity contribution is 7.80. The molecule has 0 aromatic heterocycles. The van der Waals surface area contributed by atoms with E-state index in [1.165, 1.54) is 6.42 Å². The van der Waals surface area contributed by atoms with Gasteiger partial charge in [-0.2, -0.15) is 26.3 Å². The van der Waals surface area contributed by atoms with E-state index in [-0.39, 0.29) is 28.9 Å². The standard InChI is InChI=1S/C23H23F6N3S/c24-22(25,26)15-11-16(23(27,28)29)13-17(12-15)30-21(33)31-20-18-7-3-2-6-14(18)10-19(20)32-8-4-1-5-9-32/h2-3,6-7,11-13,19-20H,1,4-5,8-10H2,(H2,30,31,33)/t19-,20-/m0/s1. The molecule has 0 radical (unpaired) electrons. The van der Waals surface area contributed by atoms with E-state index in [2.05, 4.69) is 15.5 Å². The summed E-state index contributed by atoms with van der Waals surface area (Å²) in [6.07, 6.45) is -5.68. The van der Waals surface area contributed by atoms with Gasteiger partial charge in [-0.05, 0) is 73.9 Å². The van der Waals surface area contributed by atoms with Crippen LogP contribution in [0.3, 0.4) is 0 Å². The van der Waals surface area contributed by atoms with E-state index in [1.807, 2.05) is 24.3 Å². The molecule has 2 aromatic carbocycles. The number of nitrogens with zero attached hydrogens (tertiary/aromatic N) is 1. The first-order valence-electron chi connectivity index (χ1n) is 10.7. The zero-order valence-corrected chi connectivity index (χ0v) is 18.4. The molecule has 1 saturated heterocycles. The number of nitrogens with one attached hydrogen (secondary N) is 2. The van der Waals surface area contributed by atoms with Crippen molar-refractivity contribution in [3.8, 4) is 0 Å². The molecule has 2 aliphatic rings. The van der Waals surface area contributed by atoms with Crippen molar-refractivity contribution in [2.24, 2.45) is 0 Å². The Morgan fingerprint density at radius 1 is 0.879 bits per heavy atom. The third-order valence-electron chi connectivity index (χ3n) is 6.20. The Kier molecular flexibility index (Phi) is 6.59. The Balaban J connectivity index is 1.57. The van der Waals surface area contributed by atoms with Crippen LogP contribution in [0.25, 0.3) is 0 Å². The first-order chi connectivity index (χ1) is 15.5. The van der Waals surface area contributed by atoms with Crippen LogP contribution >= 0.6 is 12.2 Å². The molecule has 1 heterocycles. The quantitative estimate of drug-likeness (QED) is 0.401. The average molecular weight is 488 g/mol. The number of rotatable bonds is 3. The van der Waals surface area contributed by atoms with Gasteiger partial charge in [-0.1, -0.05) is 30.7 Å². The highest BCUT2D eigenvalue weighted by atomic mass is 32.1. The summed E-state index contributed by atoms with van der Waals surface area (Å²) in [5.41, 5.74) is -0.945. The number of thiocarbonyl (C=S) groups is 1. The number of likely N-dealkylation sites (tertiary alicyclic amines) is 1. The Morgan fingerprint density at radius 2 is 1.48 bits per heavy atom. The van der Waals surface area contributed by atoms with Crippen molar-refractivity contribution >= 4 is 23.0 Å². The van der Waals surface area contributed by atoms with Crippen molar-refractivity contribution in [2.75, 3.05) is 18.4 Å². The number of hydrogen-bond acceptors (Lipinski definition) is 2. The molecule has 1 aliphatic carbocycles. The summed E-state index contributed by atoms with van der Waals surface area (Å²) in [6.45, 7) is 1.89. The van der Waals surface area contributed by atoms with Crippen LogP contribution in [0.2, 0.25) is 0 Å². The van der Waals surface area contributed by atoms with Gasteiger partial charge in [0.25, 0.3) is 0 Å². The zero-order valence-electron chi connectivity index (χ0n) is 17.6. The number of halogens is 6. The van der Waals surface area contributed by atoms with Gasteiger partial charge in [0.1, 0.15) is 0 Å². The van der Waals surface area contributed by atoms with E-state index in [4.69, 9.17) is 12.2 Å². The van der Waals surface area contributed by atoms with Crippen molar-refractivity contribution < 1.29 is 26.3 Å². The SMILES string of the molecule is FC(F)(F)c1cc(NC(=S)N[C@H]2c3ccccc3C[C@@H]2N2CCCCC2)cc(C(F)(F)F)c1. The van der Waals surface area contributed by atoms with E-state index >= 15 is 0 Å². The molecule has 0 bridgehead atoms. The van der Waals surface area contributed by atoms with Crippen LogP contribution in [-0.4, -0.2) is 29.1 Å². The Labute approximate surface area is 193 Å². The summed E-state index contributed by atoms with van der Waals surface area (Å²) in [5, 5.41) is 5.69. The molecule has 2 atom stereocenters. The van der Waals surface area contributed by atoms with Crippen LogP contribution in [0.15, 0.2) is 42.5 Å². The third kappa shape index (κ3) is 5.43.